The topological polar surface area (TPSA) is 82.7 Å². The number of carbonyl (C=O) groups is 1. The Hall–Kier alpha value is -2.95. The van der Waals surface area contributed by atoms with Gasteiger partial charge in [-0.25, -0.2) is 13.8 Å². The normalized spacial score (nSPS) is 18.6. The summed E-state index contributed by atoms with van der Waals surface area (Å²) in [5, 5.41) is 3.69. The standard InChI is InChI=1S/C19H16ClF4N3O4/c1-4-15(28)18(2)8-12(25-31-18)9-5-13(11(21)6-10(9)20)27-16(29)7-14(19(22,23)24)26(3)17(27)30/h5-7H,4,8H2,1-3H3. The van der Waals surface area contributed by atoms with Crippen LogP contribution < -0.4 is 11.2 Å². The Morgan fingerprint density at radius 3 is 2.52 bits per heavy atom. The molecule has 2 heterocycles. The second kappa shape index (κ2) is 7.63. The highest BCUT2D eigenvalue weighted by molar-refractivity contribution is 6.34. The van der Waals surface area contributed by atoms with Crippen LogP contribution in [0.4, 0.5) is 17.6 Å². The van der Waals surface area contributed by atoms with E-state index in [1.165, 1.54) is 6.92 Å². The second-order valence-corrected chi connectivity index (χ2v) is 7.55. The van der Waals surface area contributed by atoms with Crippen LogP contribution in [0.2, 0.25) is 5.02 Å². The van der Waals surface area contributed by atoms with Gasteiger partial charge in [0, 0.05) is 31.5 Å². The van der Waals surface area contributed by atoms with Crippen LogP contribution in [0.3, 0.4) is 0 Å². The molecule has 31 heavy (non-hydrogen) atoms. The van der Waals surface area contributed by atoms with Crippen molar-refractivity contribution in [3.63, 3.8) is 0 Å². The second-order valence-electron chi connectivity index (χ2n) is 7.14. The van der Waals surface area contributed by atoms with Gasteiger partial charge in [0.1, 0.15) is 11.5 Å². The molecule has 3 rings (SSSR count). The molecule has 1 aromatic heterocycles. The summed E-state index contributed by atoms with van der Waals surface area (Å²) in [6, 6.07) is 2.01. The van der Waals surface area contributed by atoms with E-state index >= 15 is 0 Å². The molecule has 7 nitrogen and oxygen atoms in total. The molecule has 1 aromatic carbocycles. The fourth-order valence-corrected chi connectivity index (χ4v) is 3.52. The number of alkyl halides is 3. The molecule has 12 heteroatoms. The lowest BCUT2D eigenvalue weighted by Crippen LogP contribution is -2.41. The van der Waals surface area contributed by atoms with Gasteiger partial charge in [0.2, 0.25) is 0 Å². The molecular formula is C19H16ClF4N3O4. The van der Waals surface area contributed by atoms with E-state index in [2.05, 4.69) is 5.16 Å². The van der Waals surface area contributed by atoms with Gasteiger partial charge < -0.3 is 4.84 Å². The summed E-state index contributed by atoms with van der Waals surface area (Å²) >= 11 is 6.09. The summed E-state index contributed by atoms with van der Waals surface area (Å²) < 4.78 is 54.2. The highest BCUT2D eigenvalue weighted by Gasteiger charge is 2.41. The minimum atomic E-state index is -4.96. The zero-order chi connectivity index (χ0) is 23.3. The van der Waals surface area contributed by atoms with Gasteiger partial charge in [-0.05, 0) is 19.1 Å². The Bertz CT molecular complexity index is 1230. The van der Waals surface area contributed by atoms with Crippen molar-refractivity contribution < 1.29 is 27.2 Å². The molecule has 0 spiro atoms. The number of nitrogens with zero attached hydrogens (tertiary/aromatic N) is 3. The number of rotatable bonds is 4. The first-order valence-corrected chi connectivity index (χ1v) is 9.36. The average molecular weight is 462 g/mol. The van der Waals surface area contributed by atoms with Gasteiger partial charge in [-0.1, -0.05) is 23.7 Å². The quantitative estimate of drug-likeness (QED) is 0.655. The summed E-state index contributed by atoms with van der Waals surface area (Å²) in [6.07, 6.45) is -4.79. The molecule has 0 radical (unpaired) electrons. The maximum absolute atomic E-state index is 14.6. The van der Waals surface area contributed by atoms with Crippen LogP contribution in [-0.2, 0) is 22.9 Å². The third-order valence-corrected chi connectivity index (χ3v) is 5.28. The fraction of sp³-hybridized carbons (Fsp3) is 0.368. The first kappa shape index (κ1) is 22.7. The van der Waals surface area contributed by atoms with Crippen molar-refractivity contribution in [1.82, 2.24) is 9.13 Å². The van der Waals surface area contributed by atoms with Crippen molar-refractivity contribution in [2.75, 3.05) is 0 Å². The lowest BCUT2D eigenvalue weighted by atomic mass is 9.91. The molecule has 166 valence electrons. The van der Waals surface area contributed by atoms with Crippen LogP contribution >= 0.6 is 11.6 Å². The van der Waals surface area contributed by atoms with Gasteiger partial charge in [0.15, 0.2) is 11.4 Å². The van der Waals surface area contributed by atoms with Crippen molar-refractivity contribution in [1.29, 1.82) is 0 Å². The monoisotopic (exact) mass is 461 g/mol. The molecule has 1 aliphatic rings. The first-order valence-electron chi connectivity index (χ1n) is 8.98. The van der Waals surface area contributed by atoms with Crippen molar-refractivity contribution in [3.05, 3.63) is 61.1 Å². The number of benzene rings is 1. The Morgan fingerprint density at radius 1 is 1.29 bits per heavy atom. The SMILES string of the molecule is CCC(=O)C1(C)CC(c2cc(-n3c(=O)cc(C(F)(F)F)n(C)c3=O)c(F)cc2Cl)=NO1. The summed E-state index contributed by atoms with van der Waals surface area (Å²) in [7, 11) is 0.812. The molecule has 1 aliphatic heterocycles. The number of hydrogen-bond acceptors (Lipinski definition) is 5. The zero-order valence-corrected chi connectivity index (χ0v) is 17.3. The van der Waals surface area contributed by atoms with Crippen molar-refractivity contribution in [3.8, 4) is 5.69 Å². The molecule has 0 fully saturated rings. The van der Waals surface area contributed by atoms with Gasteiger partial charge in [-0.15, -0.1) is 0 Å². The fourth-order valence-electron chi connectivity index (χ4n) is 3.26. The molecular weight excluding hydrogens is 446 g/mol. The molecule has 1 atom stereocenters. The highest BCUT2D eigenvalue weighted by atomic mass is 35.5. The van der Waals surface area contributed by atoms with Crippen LogP contribution in [0.25, 0.3) is 5.69 Å². The summed E-state index contributed by atoms with van der Waals surface area (Å²) in [6.45, 7) is 3.16. The molecule has 0 aliphatic carbocycles. The largest absolute Gasteiger partial charge is 0.431 e. The maximum Gasteiger partial charge on any atom is 0.431 e. The summed E-state index contributed by atoms with van der Waals surface area (Å²) in [5.41, 5.74) is -5.90. The Kier molecular flexibility index (Phi) is 5.59. The average Bonchev–Trinajstić information content (AvgIpc) is 3.07. The maximum atomic E-state index is 14.6. The van der Waals surface area contributed by atoms with E-state index in [1.54, 1.807) is 6.92 Å². The molecule has 2 aromatic rings. The number of hydrogen-bond donors (Lipinski definition) is 0. The number of aromatic nitrogens is 2. The van der Waals surface area contributed by atoms with E-state index in [9.17, 15) is 31.9 Å². The molecule has 0 bridgehead atoms. The number of halogens is 5. The van der Waals surface area contributed by atoms with E-state index in [4.69, 9.17) is 16.4 Å². The van der Waals surface area contributed by atoms with Crippen LogP contribution in [0, 0.1) is 5.82 Å². The van der Waals surface area contributed by atoms with E-state index in [0.29, 0.717) is 0 Å². The van der Waals surface area contributed by atoms with Crippen LogP contribution in [0.5, 0.6) is 0 Å². The van der Waals surface area contributed by atoms with E-state index in [1.807, 2.05) is 0 Å². The zero-order valence-electron chi connectivity index (χ0n) is 16.5. The number of Topliss-reactive ketones (excluding diaryl/α,β-unsaturated/α-hetero) is 1. The minimum Gasteiger partial charge on any atom is -0.381 e. The van der Waals surface area contributed by atoms with Gasteiger partial charge >= 0.3 is 11.9 Å². The number of ketones is 1. The molecule has 1 unspecified atom stereocenters. The van der Waals surface area contributed by atoms with Crippen molar-refractivity contribution in [2.24, 2.45) is 12.2 Å². The van der Waals surface area contributed by atoms with Gasteiger partial charge in [-0.3, -0.25) is 14.2 Å². The predicted octanol–water partition coefficient (Wildman–Crippen LogP) is 3.21. The van der Waals surface area contributed by atoms with Crippen molar-refractivity contribution >= 4 is 23.1 Å². The molecule has 0 saturated carbocycles. The molecule has 0 amide bonds. The van der Waals surface area contributed by atoms with E-state index in [-0.39, 0.29) is 50.1 Å². The van der Waals surface area contributed by atoms with Crippen molar-refractivity contribution in [2.45, 2.75) is 38.5 Å². The third-order valence-electron chi connectivity index (χ3n) is 4.97. The minimum absolute atomic E-state index is 0.00954. The Balaban J connectivity index is 2.17. The van der Waals surface area contributed by atoms with Crippen LogP contribution in [0.15, 0.2) is 32.9 Å². The number of oxime groups is 1. The van der Waals surface area contributed by atoms with Crippen LogP contribution in [0.1, 0.15) is 37.9 Å². The van der Waals surface area contributed by atoms with Crippen LogP contribution in [-0.4, -0.2) is 26.2 Å². The van der Waals surface area contributed by atoms with Gasteiger partial charge in [0.25, 0.3) is 5.56 Å². The lowest BCUT2D eigenvalue weighted by Gasteiger charge is -2.18. The number of carbonyl (C=O) groups excluding carboxylic acids is 1. The van der Waals surface area contributed by atoms with E-state index in [0.717, 1.165) is 19.2 Å². The van der Waals surface area contributed by atoms with E-state index < -0.39 is 40.2 Å². The predicted molar refractivity (Wildman–Crippen MR) is 103 cm³/mol. The van der Waals surface area contributed by atoms with Gasteiger partial charge in [-0.2, -0.15) is 13.2 Å². The third kappa shape index (κ3) is 3.89. The Morgan fingerprint density at radius 2 is 1.94 bits per heavy atom. The smallest absolute Gasteiger partial charge is 0.381 e. The van der Waals surface area contributed by atoms with Gasteiger partial charge in [0.05, 0.1) is 16.4 Å². The molecule has 0 saturated heterocycles. The highest BCUT2D eigenvalue weighted by Crippen LogP contribution is 2.33. The lowest BCUT2D eigenvalue weighted by molar-refractivity contribution is -0.144. The first-order chi connectivity index (χ1) is 14.3. The Labute approximate surface area is 177 Å². The summed E-state index contributed by atoms with van der Waals surface area (Å²) in [5.74, 6) is -1.35. The summed E-state index contributed by atoms with van der Waals surface area (Å²) in [4.78, 5) is 42.1. The molecule has 0 N–H and O–H groups in total.